The van der Waals surface area contributed by atoms with Crippen LogP contribution in [0.15, 0.2) is 58.3 Å². The number of carbonyl (C=O) groups excluding carboxylic acids is 2. The lowest BCUT2D eigenvalue weighted by Gasteiger charge is -2.28. The fourth-order valence-corrected chi connectivity index (χ4v) is 3.97. The Morgan fingerprint density at radius 2 is 1.77 bits per heavy atom. The van der Waals surface area contributed by atoms with Crippen molar-refractivity contribution in [2.24, 2.45) is 5.92 Å². The van der Waals surface area contributed by atoms with E-state index in [1.165, 1.54) is 23.5 Å². The second kappa shape index (κ2) is 10.4. The Labute approximate surface area is 186 Å². The number of nitrogens with zero attached hydrogens (tertiary/aromatic N) is 2. The average Bonchev–Trinajstić information content (AvgIpc) is 3.39. The monoisotopic (exact) mass is 442 g/mol. The van der Waals surface area contributed by atoms with Crippen LogP contribution in [0.4, 0.5) is 4.39 Å². The van der Waals surface area contributed by atoms with Gasteiger partial charge in [0.1, 0.15) is 23.9 Å². The van der Waals surface area contributed by atoms with Gasteiger partial charge in [0.25, 0.3) is 5.91 Å². The molecule has 0 N–H and O–H groups in total. The summed E-state index contributed by atoms with van der Waals surface area (Å²) in [5, 5.41) is 1.85. The SMILES string of the molecule is Cc1ccc(CN(Cc2ccc(F)cc2)C(=O)CN(CC(C)C)C(=O)c2cccs2)o1. The second-order valence-corrected chi connectivity index (χ2v) is 8.89. The summed E-state index contributed by atoms with van der Waals surface area (Å²) in [5.41, 5.74) is 0.804. The van der Waals surface area contributed by atoms with Crippen molar-refractivity contribution in [2.75, 3.05) is 13.1 Å². The molecule has 2 aromatic heterocycles. The molecule has 0 aliphatic carbocycles. The van der Waals surface area contributed by atoms with Crippen LogP contribution < -0.4 is 0 Å². The molecule has 2 amide bonds. The topological polar surface area (TPSA) is 53.8 Å². The summed E-state index contributed by atoms with van der Waals surface area (Å²) >= 11 is 1.36. The highest BCUT2D eigenvalue weighted by Gasteiger charge is 2.24. The van der Waals surface area contributed by atoms with Gasteiger partial charge in [0.05, 0.1) is 11.4 Å². The molecule has 3 rings (SSSR count). The molecule has 3 aromatic rings. The summed E-state index contributed by atoms with van der Waals surface area (Å²) in [5.74, 6) is 0.978. The largest absolute Gasteiger partial charge is 0.464 e. The number of carbonyl (C=O) groups is 2. The van der Waals surface area contributed by atoms with E-state index in [4.69, 9.17) is 4.42 Å². The summed E-state index contributed by atoms with van der Waals surface area (Å²) < 4.78 is 19.0. The van der Waals surface area contributed by atoms with Gasteiger partial charge in [0, 0.05) is 13.1 Å². The molecule has 0 radical (unpaired) electrons. The smallest absolute Gasteiger partial charge is 0.264 e. The molecule has 0 spiro atoms. The fraction of sp³-hybridized carbons (Fsp3) is 0.333. The van der Waals surface area contributed by atoms with Crippen LogP contribution in [0.25, 0.3) is 0 Å². The Morgan fingerprint density at radius 1 is 1.03 bits per heavy atom. The molecule has 0 fully saturated rings. The highest BCUT2D eigenvalue weighted by molar-refractivity contribution is 7.12. The molecule has 0 aliphatic rings. The van der Waals surface area contributed by atoms with E-state index >= 15 is 0 Å². The normalized spacial score (nSPS) is 11.0. The first-order valence-corrected chi connectivity index (χ1v) is 11.1. The summed E-state index contributed by atoms with van der Waals surface area (Å²) in [6, 6.07) is 13.3. The van der Waals surface area contributed by atoms with Crippen molar-refractivity contribution in [1.29, 1.82) is 0 Å². The predicted octanol–water partition coefficient (Wildman–Crippen LogP) is 5.12. The molecule has 1 aromatic carbocycles. The van der Waals surface area contributed by atoms with Gasteiger partial charge in [0.2, 0.25) is 5.91 Å². The lowest BCUT2D eigenvalue weighted by Crippen LogP contribution is -2.43. The summed E-state index contributed by atoms with van der Waals surface area (Å²) in [7, 11) is 0. The van der Waals surface area contributed by atoms with Gasteiger partial charge in [0.15, 0.2) is 0 Å². The van der Waals surface area contributed by atoms with Crippen molar-refractivity contribution in [3.05, 3.63) is 81.7 Å². The lowest BCUT2D eigenvalue weighted by atomic mass is 10.2. The van der Waals surface area contributed by atoms with Crippen LogP contribution in [-0.2, 0) is 17.9 Å². The predicted molar refractivity (Wildman–Crippen MR) is 119 cm³/mol. The molecule has 0 bridgehead atoms. The van der Waals surface area contributed by atoms with Crippen LogP contribution in [0.3, 0.4) is 0 Å². The maximum Gasteiger partial charge on any atom is 0.264 e. The average molecular weight is 443 g/mol. The van der Waals surface area contributed by atoms with Crippen molar-refractivity contribution in [1.82, 2.24) is 9.80 Å². The molecule has 7 heteroatoms. The van der Waals surface area contributed by atoms with Crippen molar-refractivity contribution >= 4 is 23.2 Å². The summed E-state index contributed by atoms with van der Waals surface area (Å²) in [6.07, 6.45) is 0. The zero-order valence-electron chi connectivity index (χ0n) is 18.0. The molecule has 0 atom stereocenters. The third-order valence-corrected chi connectivity index (χ3v) is 5.57. The van der Waals surface area contributed by atoms with E-state index in [2.05, 4.69) is 0 Å². The molecule has 0 unspecified atom stereocenters. The van der Waals surface area contributed by atoms with Crippen LogP contribution in [0.1, 0.15) is 40.6 Å². The zero-order valence-corrected chi connectivity index (χ0v) is 18.8. The molecular weight excluding hydrogens is 415 g/mol. The minimum absolute atomic E-state index is 0.0319. The van der Waals surface area contributed by atoms with Crippen LogP contribution in [-0.4, -0.2) is 34.7 Å². The van der Waals surface area contributed by atoms with E-state index in [9.17, 15) is 14.0 Å². The van der Waals surface area contributed by atoms with Crippen molar-refractivity contribution in [2.45, 2.75) is 33.9 Å². The molecule has 0 saturated carbocycles. The first kappa shape index (κ1) is 22.7. The van der Waals surface area contributed by atoms with Gasteiger partial charge in [-0.1, -0.05) is 32.0 Å². The Kier molecular flexibility index (Phi) is 7.63. The Morgan fingerprint density at radius 3 is 2.35 bits per heavy atom. The third kappa shape index (κ3) is 6.52. The Bertz CT molecular complexity index is 996. The van der Waals surface area contributed by atoms with Crippen molar-refractivity contribution < 1.29 is 18.4 Å². The van der Waals surface area contributed by atoms with Gasteiger partial charge in [-0.15, -0.1) is 11.3 Å². The maximum atomic E-state index is 13.3. The van der Waals surface area contributed by atoms with E-state index in [0.717, 1.165) is 11.3 Å². The summed E-state index contributed by atoms with van der Waals surface area (Å²) in [4.78, 5) is 30.1. The highest BCUT2D eigenvalue weighted by atomic mass is 32.1. The van der Waals surface area contributed by atoms with E-state index in [-0.39, 0.29) is 36.6 Å². The number of furan rings is 1. The molecular formula is C24H27FN2O3S. The first-order valence-electron chi connectivity index (χ1n) is 10.2. The van der Waals surface area contributed by atoms with E-state index in [1.54, 1.807) is 28.0 Å². The van der Waals surface area contributed by atoms with Crippen LogP contribution in [0.2, 0.25) is 0 Å². The summed E-state index contributed by atoms with van der Waals surface area (Å²) in [6.45, 7) is 6.89. The van der Waals surface area contributed by atoms with Gasteiger partial charge in [-0.05, 0) is 54.1 Å². The fourth-order valence-electron chi connectivity index (χ4n) is 3.28. The van der Waals surface area contributed by atoms with Crippen LogP contribution >= 0.6 is 11.3 Å². The Hall–Kier alpha value is -2.93. The lowest BCUT2D eigenvalue weighted by molar-refractivity contribution is -0.133. The first-order chi connectivity index (χ1) is 14.8. The van der Waals surface area contributed by atoms with E-state index in [1.807, 2.05) is 44.4 Å². The minimum Gasteiger partial charge on any atom is -0.464 e. The van der Waals surface area contributed by atoms with E-state index in [0.29, 0.717) is 23.7 Å². The van der Waals surface area contributed by atoms with Gasteiger partial charge in [-0.3, -0.25) is 9.59 Å². The number of halogens is 1. The van der Waals surface area contributed by atoms with Gasteiger partial charge < -0.3 is 14.2 Å². The molecule has 0 aliphatic heterocycles. The number of benzene rings is 1. The van der Waals surface area contributed by atoms with Crippen LogP contribution in [0, 0.1) is 18.7 Å². The molecule has 164 valence electrons. The van der Waals surface area contributed by atoms with Crippen LogP contribution in [0.5, 0.6) is 0 Å². The zero-order chi connectivity index (χ0) is 22.4. The minimum atomic E-state index is -0.326. The number of aryl methyl sites for hydroxylation is 1. The van der Waals surface area contributed by atoms with Crippen molar-refractivity contribution in [3.63, 3.8) is 0 Å². The number of amides is 2. The number of hydrogen-bond acceptors (Lipinski definition) is 4. The molecule has 0 saturated heterocycles. The van der Waals surface area contributed by atoms with Crippen molar-refractivity contribution in [3.8, 4) is 0 Å². The number of thiophene rings is 1. The number of hydrogen-bond donors (Lipinski definition) is 0. The standard InChI is InChI=1S/C24H27FN2O3S/c1-17(2)13-27(24(29)22-5-4-12-31-22)16-23(28)26(15-21-11-6-18(3)30-21)14-19-7-9-20(25)10-8-19/h4-12,17H,13-16H2,1-3H3. The number of rotatable bonds is 9. The van der Waals surface area contributed by atoms with Gasteiger partial charge >= 0.3 is 0 Å². The third-order valence-electron chi connectivity index (χ3n) is 4.71. The molecule has 2 heterocycles. The second-order valence-electron chi connectivity index (χ2n) is 7.95. The molecule has 31 heavy (non-hydrogen) atoms. The molecule has 5 nitrogen and oxygen atoms in total. The van der Waals surface area contributed by atoms with Gasteiger partial charge in [-0.25, -0.2) is 4.39 Å². The van der Waals surface area contributed by atoms with Gasteiger partial charge in [-0.2, -0.15) is 0 Å². The van der Waals surface area contributed by atoms with E-state index < -0.39 is 0 Å². The quantitative estimate of drug-likeness (QED) is 0.462. The maximum absolute atomic E-state index is 13.3. The highest BCUT2D eigenvalue weighted by Crippen LogP contribution is 2.17. The Balaban J connectivity index is 1.80.